The van der Waals surface area contributed by atoms with Gasteiger partial charge in [0, 0.05) is 12.1 Å². The zero-order valence-electron chi connectivity index (χ0n) is 14.4. The first-order valence-corrected chi connectivity index (χ1v) is 8.02. The molecule has 1 aromatic carbocycles. The molecule has 0 saturated heterocycles. The number of hydrogen-bond acceptors (Lipinski definition) is 5. The molecule has 0 spiro atoms. The Morgan fingerprint density at radius 1 is 1.30 bits per heavy atom. The van der Waals surface area contributed by atoms with Crippen LogP contribution in [0.25, 0.3) is 11.8 Å². The van der Waals surface area contributed by atoms with E-state index in [1.54, 1.807) is 25.1 Å². The molecule has 0 aliphatic carbocycles. The number of furan rings is 1. The third-order valence-electron chi connectivity index (χ3n) is 3.44. The molecule has 2 aromatic heterocycles. The molecule has 138 valence electrons. The van der Waals surface area contributed by atoms with Crippen LogP contribution in [0.15, 0.2) is 59.2 Å². The van der Waals surface area contributed by atoms with Crippen LogP contribution in [0.3, 0.4) is 0 Å². The Labute approximate surface area is 154 Å². The van der Waals surface area contributed by atoms with Gasteiger partial charge in [-0.2, -0.15) is 5.10 Å². The van der Waals surface area contributed by atoms with Crippen LogP contribution in [-0.2, 0) is 14.3 Å². The lowest BCUT2D eigenvalue weighted by Crippen LogP contribution is -2.21. The van der Waals surface area contributed by atoms with Crippen LogP contribution < -0.4 is 5.32 Å². The molecule has 1 amide bonds. The minimum atomic E-state index is -0.676. The zero-order valence-corrected chi connectivity index (χ0v) is 14.4. The molecule has 7 nitrogen and oxygen atoms in total. The van der Waals surface area contributed by atoms with Gasteiger partial charge in [-0.25, -0.2) is 13.9 Å². The molecule has 27 heavy (non-hydrogen) atoms. The first-order valence-electron chi connectivity index (χ1n) is 8.02. The van der Waals surface area contributed by atoms with Crippen LogP contribution >= 0.6 is 0 Å². The van der Waals surface area contributed by atoms with E-state index in [4.69, 9.17) is 9.15 Å². The van der Waals surface area contributed by atoms with E-state index in [2.05, 4.69) is 10.4 Å². The largest absolute Gasteiger partial charge is 0.465 e. The lowest BCUT2D eigenvalue weighted by molar-refractivity contribution is -0.142. The SMILES string of the molecule is Cc1cc(NC(=O)COC(=O)/C=C/c2ccco2)n(-c2ccc(F)cc2)n1. The van der Waals surface area contributed by atoms with E-state index in [-0.39, 0.29) is 5.82 Å². The van der Waals surface area contributed by atoms with E-state index in [9.17, 15) is 14.0 Å². The molecule has 0 atom stereocenters. The summed E-state index contributed by atoms with van der Waals surface area (Å²) < 4.78 is 24.5. The molecule has 2 heterocycles. The summed E-state index contributed by atoms with van der Waals surface area (Å²) >= 11 is 0. The van der Waals surface area contributed by atoms with E-state index >= 15 is 0 Å². The molecule has 3 aromatic rings. The summed E-state index contributed by atoms with van der Waals surface area (Å²) in [7, 11) is 0. The maximum absolute atomic E-state index is 13.1. The van der Waals surface area contributed by atoms with E-state index in [1.807, 2.05) is 0 Å². The van der Waals surface area contributed by atoms with Crippen LogP contribution in [0, 0.1) is 12.7 Å². The van der Waals surface area contributed by atoms with Gasteiger partial charge in [0.2, 0.25) is 0 Å². The van der Waals surface area contributed by atoms with Crippen molar-refractivity contribution in [3.05, 3.63) is 72.1 Å². The van der Waals surface area contributed by atoms with Crippen LogP contribution in [0.5, 0.6) is 0 Å². The third-order valence-corrected chi connectivity index (χ3v) is 3.44. The van der Waals surface area contributed by atoms with Crippen molar-refractivity contribution in [2.45, 2.75) is 6.92 Å². The monoisotopic (exact) mass is 369 g/mol. The highest BCUT2D eigenvalue weighted by molar-refractivity contribution is 5.94. The van der Waals surface area contributed by atoms with Crippen molar-refractivity contribution in [2.75, 3.05) is 11.9 Å². The molecule has 1 N–H and O–H groups in total. The number of aryl methyl sites for hydroxylation is 1. The van der Waals surface area contributed by atoms with Crippen molar-refractivity contribution in [1.82, 2.24) is 9.78 Å². The molecular weight excluding hydrogens is 353 g/mol. The summed E-state index contributed by atoms with van der Waals surface area (Å²) in [5.74, 6) is -0.702. The fourth-order valence-electron chi connectivity index (χ4n) is 2.27. The van der Waals surface area contributed by atoms with Crippen molar-refractivity contribution in [1.29, 1.82) is 0 Å². The Balaban J connectivity index is 1.59. The molecule has 0 saturated carbocycles. The molecule has 0 unspecified atom stereocenters. The summed E-state index contributed by atoms with van der Waals surface area (Å²) in [5, 5.41) is 6.88. The number of carbonyl (C=O) groups is 2. The summed E-state index contributed by atoms with van der Waals surface area (Å²) in [6.45, 7) is 1.30. The summed E-state index contributed by atoms with van der Waals surface area (Å²) in [4.78, 5) is 23.7. The topological polar surface area (TPSA) is 86.4 Å². The van der Waals surface area contributed by atoms with Gasteiger partial charge in [0.1, 0.15) is 17.4 Å². The normalized spacial score (nSPS) is 10.9. The molecule has 8 heteroatoms. The van der Waals surface area contributed by atoms with E-state index in [0.717, 1.165) is 0 Å². The number of rotatable bonds is 6. The number of anilines is 1. The molecule has 0 fully saturated rings. The number of halogens is 1. The van der Waals surface area contributed by atoms with Gasteiger partial charge in [0.05, 0.1) is 17.6 Å². The minimum absolute atomic E-state index is 0.372. The van der Waals surface area contributed by atoms with Crippen molar-refractivity contribution < 1.29 is 23.1 Å². The Hall–Kier alpha value is -3.68. The standard InChI is InChI=1S/C19H16FN3O4/c1-13-11-17(23(22-13)15-6-4-14(20)5-7-15)21-18(24)12-27-19(25)9-8-16-3-2-10-26-16/h2-11H,12H2,1H3,(H,21,24)/b9-8+. The fraction of sp³-hybridized carbons (Fsp3) is 0.105. The van der Waals surface area contributed by atoms with Gasteiger partial charge in [-0.3, -0.25) is 4.79 Å². The summed E-state index contributed by atoms with van der Waals surface area (Å²) in [6.07, 6.45) is 4.08. The number of amides is 1. The molecule has 0 aliphatic heterocycles. The minimum Gasteiger partial charge on any atom is -0.465 e. The third kappa shape index (κ3) is 4.91. The van der Waals surface area contributed by atoms with E-state index in [1.165, 1.54) is 47.4 Å². The lowest BCUT2D eigenvalue weighted by Gasteiger charge is -2.09. The second kappa shape index (κ2) is 8.13. The smallest absolute Gasteiger partial charge is 0.331 e. The van der Waals surface area contributed by atoms with Crippen LogP contribution in [-0.4, -0.2) is 28.3 Å². The average Bonchev–Trinajstić information content (AvgIpc) is 3.28. The maximum atomic E-state index is 13.1. The summed E-state index contributed by atoms with van der Waals surface area (Å²) in [5.41, 5.74) is 1.24. The number of nitrogens with one attached hydrogen (secondary N) is 1. The number of hydrogen-bond donors (Lipinski definition) is 1. The van der Waals surface area contributed by atoms with Gasteiger partial charge >= 0.3 is 5.97 Å². The number of carbonyl (C=O) groups excluding carboxylic acids is 2. The van der Waals surface area contributed by atoms with Crippen molar-refractivity contribution in [2.24, 2.45) is 0 Å². The highest BCUT2D eigenvalue weighted by Crippen LogP contribution is 2.17. The molecule has 0 radical (unpaired) electrons. The number of benzene rings is 1. The van der Waals surface area contributed by atoms with Crippen LogP contribution in [0.4, 0.5) is 10.2 Å². The molecule has 3 rings (SSSR count). The molecule has 0 bridgehead atoms. The highest BCUT2D eigenvalue weighted by atomic mass is 19.1. The van der Waals surface area contributed by atoms with Crippen molar-refractivity contribution in [3.8, 4) is 5.69 Å². The van der Waals surface area contributed by atoms with Crippen molar-refractivity contribution >= 4 is 23.8 Å². The van der Waals surface area contributed by atoms with Crippen LogP contribution in [0.1, 0.15) is 11.5 Å². The Morgan fingerprint density at radius 2 is 2.07 bits per heavy atom. The maximum Gasteiger partial charge on any atom is 0.331 e. The second-order valence-corrected chi connectivity index (χ2v) is 5.56. The molecular formula is C19H16FN3O4. The molecule has 0 aliphatic rings. The predicted molar refractivity (Wildman–Crippen MR) is 95.6 cm³/mol. The Morgan fingerprint density at radius 3 is 2.78 bits per heavy atom. The van der Waals surface area contributed by atoms with Crippen molar-refractivity contribution in [3.63, 3.8) is 0 Å². The van der Waals surface area contributed by atoms with E-state index in [0.29, 0.717) is 23.0 Å². The van der Waals surface area contributed by atoms with Gasteiger partial charge in [0.25, 0.3) is 5.91 Å². The van der Waals surface area contributed by atoms with Gasteiger partial charge in [-0.15, -0.1) is 0 Å². The lowest BCUT2D eigenvalue weighted by atomic mass is 10.3. The van der Waals surface area contributed by atoms with Gasteiger partial charge in [-0.1, -0.05) is 0 Å². The second-order valence-electron chi connectivity index (χ2n) is 5.56. The predicted octanol–water partition coefficient (Wildman–Crippen LogP) is 3.11. The number of ether oxygens (including phenoxy) is 1. The Bertz CT molecular complexity index is 960. The fourth-order valence-corrected chi connectivity index (χ4v) is 2.27. The average molecular weight is 369 g/mol. The zero-order chi connectivity index (χ0) is 19.2. The van der Waals surface area contributed by atoms with Crippen LogP contribution in [0.2, 0.25) is 0 Å². The number of nitrogens with zero attached hydrogens (tertiary/aromatic N) is 2. The first-order chi connectivity index (χ1) is 13.0. The number of esters is 1. The highest BCUT2D eigenvalue weighted by Gasteiger charge is 2.12. The van der Waals surface area contributed by atoms with E-state index < -0.39 is 18.5 Å². The number of aromatic nitrogens is 2. The van der Waals surface area contributed by atoms with Gasteiger partial charge in [-0.05, 0) is 49.4 Å². The quantitative estimate of drug-likeness (QED) is 0.533. The Kier molecular flexibility index (Phi) is 5.46. The summed E-state index contributed by atoms with van der Waals surface area (Å²) in [6, 6.07) is 10.7. The van der Waals surface area contributed by atoms with Gasteiger partial charge in [0.15, 0.2) is 6.61 Å². The van der Waals surface area contributed by atoms with Gasteiger partial charge < -0.3 is 14.5 Å². The first kappa shape index (κ1) is 18.1.